The van der Waals surface area contributed by atoms with E-state index in [1.165, 1.54) is 4.68 Å². The molecule has 2 aromatic heterocycles. The normalized spacial score (nSPS) is 10.8. The van der Waals surface area contributed by atoms with Crippen molar-refractivity contribution in [1.82, 2.24) is 29.9 Å². The van der Waals surface area contributed by atoms with E-state index in [0.29, 0.717) is 6.61 Å². The zero-order valence-electron chi connectivity index (χ0n) is 9.99. The van der Waals surface area contributed by atoms with Crippen LogP contribution in [0.5, 0.6) is 6.01 Å². The third kappa shape index (κ3) is 2.19. The molecule has 2 heterocycles. The number of ether oxygens (including phenoxy) is 1. The molecule has 3 rings (SSSR count). The van der Waals surface area contributed by atoms with Gasteiger partial charge in [-0.25, -0.2) is 0 Å². The second-order valence-electron chi connectivity index (χ2n) is 3.61. The molecule has 0 aliphatic carbocycles. The van der Waals surface area contributed by atoms with Gasteiger partial charge in [0.25, 0.3) is 5.95 Å². The van der Waals surface area contributed by atoms with E-state index < -0.39 is 0 Å². The summed E-state index contributed by atoms with van der Waals surface area (Å²) in [4.78, 5) is 12.1. The lowest BCUT2D eigenvalue weighted by atomic mass is 10.3. The fourth-order valence-electron chi connectivity index (χ4n) is 1.63. The fraction of sp³-hybridized carbons (Fsp3) is 0.182. The number of rotatable bonds is 3. The van der Waals surface area contributed by atoms with Gasteiger partial charge < -0.3 is 4.74 Å². The van der Waals surface area contributed by atoms with Gasteiger partial charge in [0.05, 0.1) is 12.1 Å². The summed E-state index contributed by atoms with van der Waals surface area (Å²) in [6.07, 6.45) is 0. The minimum Gasteiger partial charge on any atom is -0.464 e. The van der Waals surface area contributed by atoms with Crippen molar-refractivity contribution in [3.63, 3.8) is 0 Å². The Morgan fingerprint density at radius 2 is 2.05 bits per heavy atom. The maximum atomic E-state index is 5.85. The molecule has 0 spiro atoms. The highest BCUT2D eigenvalue weighted by atomic mass is 35.5. The summed E-state index contributed by atoms with van der Waals surface area (Å²) >= 11 is 5.85. The van der Waals surface area contributed by atoms with Gasteiger partial charge in [0.2, 0.25) is 5.28 Å². The highest BCUT2D eigenvalue weighted by molar-refractivity contribution is 6.28. The predicted octanol–water partition coefficient (Wildman–Crippen LogP) is 1.66. The molecule has 1 aromatic carbocycles. The smallest absolute Gasteiger partial charge is 0.322 e. The summed E-state index contributed by atoms with van der Waals surface area (Å²) in [7, 11) is 0. The van der Waals surface area contributed by atoms with Crippen LogP contribution in [-0.2, 0) is 0 Å². The molecule has 0 amide bonds. The molecule has 96 valence electrons. The summed E-state index contributed by atoms with van der Waals surface area (Å²) in [5.74, 6) is 0.275. The standard InChI is InChI=1S/C11H9ClN6O/c1-2-19-11-14-9(12)13-10(15-11)18-8-6-4-3-5-7(8)16-17-18/h3-6H,2H2,1H3. The van der Waals surface area contributed by atoms with Gasteiger partial charge in [-0.1, -0.05) is 17.3 Å². The van der Waals surface area contributed by atoms with Gasteiger partial charge in [-0.15, -0.1) is 5.10 Å². The van der Waals surface area contributed by atoms with E-state index in [1.54, 1.807) is 0 Å². The number of halogens is 1. The maximum absolute atomic E-state index is 5.85. The zero-order chi connectivity index (χ0) is 13.2. The predicted molar refractivity (Wildman–Crippen MR) is 68.4 cm³/mol. The van der Waals surface area contributed by atoms with E-state index in [9.17, 15) is 0 Å². The number of nitrogens with zero attached hydrogens (tertiary/aromatic N) is 6. The van der Waals surface area contributed by atoms with Gasteiger partial charge in [-0.2, -0.15) is 19.6 Å². The van der Waals surface area contributed by atoms with Crippen LogP contribution in [0.4, 0.5) is 0 Å². The van der Waals surface area contributed by atoms with Crippen LogP contribution in [-0.4, -0.2) is 36.6 Å². The Hall–Kier alpha value is -2.28. The molecule has 19 heavy (non-hydrogen) atoms. The molecule has 8 heteroatoms. The zero-order valence-corrected chi connectivity index (χ0v) is 10.7. The summed E-state index contributed by atoms with van der Waals surface area (Å²) < 4.78 is 6.72. The van der Waals surface area contributed by atoms with Crippen LogP contribution in [0.2, 0.25) is 5.28 Å². The molecule has 0 saturated carbocycles. The van der Waals surface area contributed by atoms with Crippen molar-refractivity contribution in [1.29, 1.82) is 0 Å². The summed E-state index contributed by atoms with van der Waals surface area (Å²) in [6.45, 7) is 2.28. The Bertz CT molecular complexity index is 728. The number of benzene rings is 1. The number of hydrogen-bond acceptors (Lipinski definition) is 6. The molecule has 3 aromatic rings. The molecule has 0 radical (unpaired) electrons. The Balaban J connectivity index is 2.15. The average molecular weight is 277 g/mol. The molecule has 0 fully saturated rings. The Morgan fingerprint density at radius 3 is 2.89 bits per heavy atom. The van der Waals surface area contributed by atoms with Gasteiger partial charge in [0, 0.05) is 0 Å². The van der Waals surface area contributed by atoms with Gasteiger partial charge in [0.1, 0.15) is 5.52 Å². The van der Waals surface area contributed by atoms with Crippen LogP contribution >= 0.6 is 11.6 Å². The Labute approximate surface area is 113 Å². The van der Waals surface area contributed by atoms with E-state index in [2.05, 4.69) is 25.3 Å². The van der Waals surface area contributed by atoms with Crippen LogP contribution in [0, 0.1) is 0 Å². The van der Waals surface area contributed by atoms with Crippen LogP contribution in [0.15, 0.2) is 24.3 Å². The third-order valence-electron chi connectivity index (χ3n) is 2.39. The molecule has 0 aliphatic rings. The summed E-state index contributed by atoms with van der Waals surface area (Å²) in [5, 5.41) is 8.09. The molecular weight excluding hydrogens is 268 g/mol. The highest BCUT2D eigenvalue weighted by Gasteiger charge is 2.12. The molecule has 0 saturated heterocycles. The first-order valence-corrected chi connectivity index (χ1v) is 6.01. The van der Waals surface area contributed by atoms with E-state index >= 15 is 0 Å². The monoisotopic (exact) mass is 276 g/mol. The van der Waals surface area contributed by atoms with Crippen LogP contribution in [0.1, 0.15) is 6.92 Å². The average Bonchev–Trinajstić information content (AvgIpc) is 2.82. The van der Waals surface area contributed by atoms with Crippen LogP contribution < -0.4 is 4.74 Å². The second kappa shape index (κ2) is 4.77. The van der Waals surface area contributed by atoms with E-state index in [1.807, 2.05) is 31.2 Å². The lowest BCUT2D eigenvalue weighted by Crippen LogP contribution is -2.07. The van der Waals surface area contributed by atoms with Crippen molar-refractivity contribution >= 4 is 22.6 Å². The SMILES string of the molecule is CCOc1nc(Cl)nc(-n2nnc3ccccc32)n1. The molecule has 0 N–H and O–H groups in total. The quantitative estimate of drug-likeness (QED) is 0.724. The Morgan fingerprint density at radius 1 is 1.21 bits per heavy atom. The van der Waals surface area contributed by atoms with Crippen molar-refractivity contribution in [2.45, 2.75) is 6.92 Å². The van der Waals surface area contributed by atoms with Crippen molar-refractivity contribution in [3.8, 4) is 12.0 Å². The first-order valence-electron chi connectivity index (χ1n) is 5.63. The van der Waals surface area contributed by atoms with E-state index in [0.717, 1.165) is 11.0 Å². The third-order valence-corrected chi connectivity index (χ3v) is 2.56. The van der Waals surface area contributed by atoms with Crippen molar-refractivity contribution in [2.24, 2.45) is 0 Å². The van der Waals surface area contributed by atoms with Gasteiger partial charge in [0.15, 0.2) is 0 Å². The maximum Gasteiger partial charge on any atom is 0.322 e. The van der Waals surface area contributed by atoms with Crippen molar-refractivity contribution in [3.05, 3.63) is 29.5 Å². The lowest BCUT2D eigenvalue weighted by Gasteiger charge is -2.04. The van der Waals surface area contributed by atoms with Gasteiger partial charge in [-0.05, 0) is 30.7 Å². The number of fused-ring (bicyclic) bond motifs is 1. The lowest BCUT2D eigenvalue weighted by molar-refractivity contribution is 0.310. The van der Waals surface area contributed by atoms with Gasteiger partial charge in [-0.3, -0.25) is 0 Å². The molecule has 0 aliphatic heterocycles. The highest BCUT2D eigenvalue weighted by Crippen LogP contribution is 2.16. The molecule has 0 bridgehead atoms. The largest absolute Gasteiger partial charge is 0.464 e. The van der Waals surface area contributed by atoms with Crippen LogP contribution in [0.3, 0.4) is 0 Å². The summed E-state index contributed by atoms with van der Waals surface area (Å²) in [5.41, 5.74) is 1.53. The first-order chi connectivity index (χ1) is 9.28. The van der Waals surface area contributed by atoms with Crippen molar-refractivity contribution in [2.75, 3.05) is 6.61 Å². The molecule has 0 unspecified atom stereocenters. The number of aromatic nitrogens is 6. The molecular formula is C11H9ClN6O. The van der Waals surface area contributed by atoms with E-state index in [4.69, 9.17) is 16.3 Å². The topological polar surface area (TPSA) is 78.6 Å². The number of para-hydroxylation sites is 1. The number of hydrogen-bond donors (Lipinski definition) is 0. The second-order valence-corrected chi connectivity index (χ2v) is 3.95. The first kappa shape index (κ1) is 11.8. The Kier molecular flexibility index (Phi) is 2.96. The summed E-state index contributed by atoms with van der Waals surface area (Å²) in [6, 6.07) is 7.65. The molecule has 7 nitrogen and oxygen atoms in total. The fourth-order valence-corrected chi connectivity index (χ4v) is 1.77. The minimum absolute atomic E-state index is 0.0491. The van der Waals surface area contributed by atoms with Crippen molar-refractivity contribution < 1.29 is 4.74 Å². The van der Waals surface area contributed by atoms with E-state index in [-0.39, 0.29) is 17.2 Å². The molecule has 0 atom stereocenters. The van der Waals surface area contributed by atoms with Crippen LogP contribution in [0.25, 0.3) is 17.0 Å². The van der Waals surface area contributed by atoms with Gasteiger partial charge >= 0.3 is 6.01 Å². The minimum atomic E-state index is 0.0491.